The summed E-state index contributed by atoms with van der Waals surface area (Å²) < 4.78 is 5.61. The number of fused-ring (bicyclic) bond motifs is 2. The van der Waals surface area contributed by atoms with Crippen molar-refractivity contribution in [2.45, 2.75) is 32.8 Å². The Balaban J connectivity index is 1.82. The zero-order valence-corrected chi connectivity index (χ0v) is 10.1. The third-order valence-electron chi connectivity index (χ3n) is 6.02. The van der Waals surface area contributed by atoms with Gasteiger partial charge >= 0.3 is 5.97 Å². The van der Waals surface area contributed by atoms with E-state index in [-0.39, 0.29) is 34.6 Å². The molecule has 6 atom stereocenters. The summed E-state index contributed by atoms with van der Waals surface area (Å²) in [6, 6.07) is 0. The molecule has 1 saturated heterocycles. The van der Waals surface area contributed by atoms with Gasteiger partial charge in [0.25, 0.3) is 0 Å². The van der Waals surface area contributed by atoms with Crippen molar-refractivity contribution >= 4 is 11.8 Å². The van der Waals surface area contributed by atoms with Gasteiger partial charge in [0, 0.05) is 16.7 Å². The predicted molar refractivity (Wildman–Crippen MR) is 59.9 cm³/mol. The van der Waals surface area contributed by atoms with Crippen LogP contribution in [0, 0.1) is 28.6 Å². The van der Waals surface area contributed by atoms with Gasteiger partial charge in [0.1, 0.15) is 6.10 Å². The van der Waals surface area contributed by atoms with Crippen molar-refractivity contribution in [2.24, 2.45) is 28.6 Å². The van der Waals surface area contributed by atoms with Gasteiger partial charge in [-0.1, -0.05) is 19.9 Å². The van der Waals surface area contributed by atoms with Crippen LogP contribution in [0.25, 0.3) is 0 Å². The van der Waals surface area contributed by atoms with Crippen LogP contribution in [-0.4, -0.2) is 17.9 Å². The Labute approximate surface area is 100 Å². The highest BCUT2D eigenvalue weighted by Crippen LogP contribution is 2.80. The second kappa shape index (κ2) is 2.50. The van der Waals surface area contributed by atoms with Crippen LogP contribution in [0.2, 0.25) is 0 Å². The summed E-state index contributed by atoms with van der Waals surface area (Å²) in [5.41, 5.74) is -0.413. The zero-order valence-electron chi connectivity index (χ0n) is 10.1. The van der Waals surface area contributed by atoms with Gasteiger partial charge in [0.15, 0.2) is 5.78 Å². The summed E-state index contributed by atoms with van der Waals surface area (Å²) in [5, 5.41) is 0. The van der Waals surface area contributed by atoms with Crippen LogP contribution >= 0.6 is 0 Å². The highest BCUT2D eigenvalue weighted by atomic mass is 16.6. The fourth-order valence-electron chi connectivity index (χ4n) is 4.92. The summed E-state index contributed by atoms with van der Waals surface area (Å²) in [6.45, 7) is 4.02. The predicted octanol–water partition coefficient (Wildman–Crippen LogP) is 1.72. The van der Waals surface area contributed by atoms with E-state index in [0.717, 1.165) is 12.8 Å². The lowest BCUT2D eigenvalue weighted by Gasteiger charge is -2.30. The van der Waals surface area contributed by atoms with Gasteiger partial charge in [-0.2, -0.15) is 0 Å². The number of rotatable bonds is 0. The summed E-state index contributed by atoms with van der Waals surface area (Å²) >= 11 is 0. The Kier molecular flexibility index (Phi) is 1.45. The molecule has 0 amide bonds. The summed E-state index contributed by atoms with van der Waals surface area (Å²) in [4.78, 5) is 23.8. The normalized spacial score (nSPS) is 58.5. The van der Waals surface area contributed by atoms with Crippen LogP contribution in [0.15, 0.2) is 12.2 Å². The molecule has 17 heavy (non-hydrogen) atoms. The number of hydrogen-bond acceptors (Lipinski definition) is 3. The summed E-state index contributed by atoms with van der Waals surface area (Å²) in [7, 11) is 0. The molecule has 0 aromatic carbocycles. The number of carbonyl (C=O) groups is 2. The monoisotopic (exact) mass is 232 g/mol. The number of esters is 1. The fraction of sp³-hybridized carbons (Fsp3) is 0.714. The first kappa shape index (κ1) is 9.86. The van der Waals surface area contributed by atoms with E-state index >= 15 is 0 Å². The van der Waals surface area contributed by atoms with Gasteiger partial charge in [0.2, 0.25) is 0 Å². The van der Waals surface area contributed by atoms with Crippen molar-refractivity contribution in [3.63, 3.8) is 0 Å². The zero-order chi connectivity index (χ0) is 12.0. The van der Waals surface area contributed by atoms with E-state index in [2.05, 4.69) is 6.92 Å². The first-order chi connectivity index (χ1) is 8.03. The Morgan fingerprint density at radius 2 is 2.12 bits per heavy atom. The number of allylic oxidation sites excluding steroid dienone is 1. The van der Waals surface area contributed by atoms with Gasteiger partial charge in [-0.05, 0) is 24.8 Å². The number of hydrogen-bond donors (Lipinski definition) is 0. The summed E-state index contributed by atoms with van der Waals surface area (Å²) in [6.07, 6.45) is 5.80. The van der Waals surface area contributed by atoms with Gasteiger partial charge in [0.05, 0.1) is 5.92 Å². The van der Waals surface area contributed by atoms with E-state index in [9.17, 15) is 9.59 Å². The van der Waals surface area contributed by atoms with Crippen molar-refractivity contribution in [2.75, 3.05) is 0 Å². The average molecular weight is 232 g/mol. The van der Waals surface area contributed by atoms with E-state index in [0.29, 0.717) is 11.8 Å². The molecular formula is C14H16O3. The van der Waals surface area contributed by atoms with Crippen molar-refractivity contribution < 1.29 is 14.3 Å². The Morgan fingerprint density at radius 3 is 2.88 bits per heavy atom. The van der Waals surface area contributed by atoms with Gasteiger partial charge < -0.3 is 4.74 Å². The van der Waals surface area contributed by atoms with Crippen molar-refractivity contribution in [3.05, 3.63) is 12.2 Å². The minimum Gasteiger partial charge on any atom is -0.461 e. The van der Waals surface area contributed by atoms with Gasteiger partial charge in [-0.3, -0.25) is 9.59 Å². The van der Waals surface area contributed by atoms with Crippen LogP contribution in [0.3, 0.4) is 0 Å². The maximum Gasteiger partial charge on any atom is 0.309 e. The molecular weight excluding hydrogens is 216 g/mol. The number of carbonyl (C=O) groups excluding carboxylic acids is 2. The second-order valence-corrected chi connectivity index (χ2v) is 6.27. The molecule has 1 spiro atoms. The molecule has 3 nitrogen and oxygen atoms in total. The average Bonchev–Trinajstić information content (AvgIpc) is 2.58. The maximum atomic E-state index is 12.0. The van der Waals surface area contributed by atoms with E-state index < -0.39 is 0 Å². The third kappa shape index (κ3) is 0.763. The lowest BCUT2D eigenvalue weighted by molar-refractivity contribution is -0.146. The molecule has 6 unspecified atom stereocenters. The molecule has 90 valence electrons. The standard InChI is InChI=1S/C14H16O3/c1-7-8-3-4-9-13(2)10(15)5-6-14(9,13)11(8)17-12(7)16/h5-9,11H,3-4H2,1-2H3. The van der Waals surface area contributed by atoms with Gasteiger partial charge in [-0.15, -0.1) is 0 Å². The maximum absolute atomic E-state index is 12.0. The summed E-state index contributed by atoms with van der Waals surface area (Å²) in [5.74, 6) is 0.892. The molecule has 4 aliphatic rings. The van der Waals surface area contributed by atoms with E-state index in [1.54, 1.807) is 6.08 Å². The lowest BCUT2D eigenvalue weighted by atomic mass is 9.74. The molecule has 3 aliphatic carbocycles. The lowest BCUT2D eigenvalue weighted by Crippen LogP contribution is -2.34. The van der Waals surface area contributed by atoms with Crippen LogP contribution < -0.4 is 0 Å². The molecule has 3 fully saturated rings. The Morgan fingerprint density at radius 1 is 1.35 bits per heavy atom. The SMILES string of the molecule is CC1C(=O)OC2C1CCC1C3(C)C(=O)C=CC213. The van der Waals surface area contributed by atoms with E-state index in [4.69, 9.17) is 4.74 Å². The Hall–Kier alpha value is -1.12. The highest BCUT2D eigenvalue weighted by molar-refractivity contribution is 6.03. The Bertz CT molecular complexity index is 480. The van der Waals surface area contributed by atoms with Crippen molar-refractivity contribution in [1.82, 2.24) is 0 Å². The molecule has 3 heteroatoms. The fourth-order valence-corrected chi connectivity index (χ4v) is 4.92. The first-order valence-corrected chi connectivity index (χ1v) is 6.47. The van der Waals surface area contributed by atoms with E-state index in [1.165, 1.54) is 0 Å². The van der Waals surface area contributed by atoms with E-state index in [1.807, 2.05) is 13.0 Å². The number of ketones is 1. The molecule has 1 heterocycles. The van der Waals surface area contributed by atoms with Crippen LogP contribution in [0.4, 0.5) is 0 Å². The molecule has 0 aromatic rings. The minimum atomic E-state index is -0.267. The molecule has 0 aromatic heterocycles. The second-order valence-electron chi connectivity index (χ2n) is 6.27. The molecule has 0 N–H and O–H groups in total. The highest BCUT2D eigenvalue weighted by Gasteiger charge is 2.84. The molecule has 0 bridgehead atoms. The van der Waals surface area contributed by atoms with Gasteiger partial charge in [-0.25, -0.2) is 0 Å². The minimum absolute atomic E-state index is 0.00396. The molecule has 1 aliphatic heterocycles. The first-order valence-electron chi connectivity index (χ1n) is 6.47. The molecule has 4 rings (SSSR count). The largest absolute Gasteiger partial charge is 0.461 e. The molecule has 0 radical (unpaired) electrons. The number of ether oxygens (including phenoxy) is 1. The van der Waals surface area contributed by atoms with Crippen LogP contribution in [0.5, 0.6) is 0 Å². The van der Waals surface area contributed by atoms with Crippen LogP contribution in [-0.2, 0) is 14.3 Å². The third-order valence-corrected chi connectivity index (χ3v) is 6.02. The van der Waals surface area contributed by atoms with Crippen molar-refractivity contribution in [1.29, 1.82) is 0 Å². The van der Waals surface area contributed by atoms with Crippen molar-refractivity contribution in [3.8, 4) is 0 Å². The topological polar surface area (TPSA) is 43.4 Å². The smallest absolute Gasteiger partial charge is 0.309 e. The quantitative estimate of drug-likeness (QED) is 0.597. The van der Waals surface area contributed by atoms with Crippen LogP contribution in [0.1, 0.15) is 26.7 Å². The molecule has 2 saturated carbocycles.